The minimum atomic E-state index is 0.234. The molecule has 0 aliphatic carbocycles. The van der Waals surface area contributed by atoms with Crippen molar-refractivity contribution in [2.45, 2.75) is 6.92 Å². The van der Waals surface area contributed by atoms with E-state index in [-0.39, 0.29) is 5.95 Å². The maximum absolute atomic E-state index is 5.88. The molecule has 0 unspecified atom stereocenters. The number of aromatic nitrogens is 2. The molecule has 0 saturated carbocycles. The van der Waals surface area contributed by atoms with E-state index < -0.39 is 0 Å². The normalized spacial score (nSPS) is 10.7. The molecule has 22 heavy (non-hydrogen) atoms. The topological polar surface area (TPSA) is 70.3 Å². The predicted octanol–water partition coefficient (Wildman–Crippen LogP) is 3.20. The molecule has 3 aromatic rings. The number of benzene rings is 2. The van der Waals surface area contributed by atoms with Crippen LogP contribution in [0.3, 0.4) is 0 Å². The highest BCUT2D eigenvalue weighted by Gasteiger charge is 2.14. The van der Waals surface area contributed by atoms with Crippen molar-refractivity contribution < 1.29 is 9.47 Å². The largest absolute Gasteiger partial charge is 0.493 e. The fraction of sp³-hybridized carbons (Fsp3) is 0.176. The molecule has 5 heteroatoms. The summed E-state index contributed by atoms with van der Waals surface area (Å²) in [6.45, 7) is 2.04. The van der Waals surface area contributed by atoms with Crippen molar-refractivity contribution in [3.8, 4) is 22.8 Å². The van der Waals surface area contributed by atoms with Gasteiger partial charge < -0.3 is 15.2 Å². The molecule has 1 aromatic heterocycles. The van der Waals surface area contributed by atoms with Gasteiger partial charge >= 0.3 is 0 Å². The van der Waals surface area contributed by atoms with Gasteiger partial charge in [-0.05, 0) is 18.6 Å². The third-order valence-electron chi connectivity index (χ3n) is 3.62. The summed E-state index contributed by atoms with van der Waals surface area (Å²) in [7, 11) is 3.20. The summed E-state index contributed by atoms with van der Waals surface area (Å²) in [5.74, 6) is 1.49. The molecule has 2 aromatic carbocycles. The lowest BCUT2D eigenvalue weighted by atomic mass is 10.0. The molecule has 0 amide bonds. The van der Waals surface area contributed by atoms with E-state index in [2.05, 4.69) is 9.97 Å². The Kier molecular flexibility index (Phi) is 3.55. The Hall–Kier alpha value is -2.82. The molecular formula is C17H17N3O2. The Morgan fingerprint density at radius 2 is 1.64 bits per heavy atom. The molecule has 112 valence electrons. The second-order valence-electron chi connectivity index (χ2n) is 4.97. The number of nitrogens with zero attached hydrogens (tertiary/aromatic N) is 2. The van der Waals surface area contributed by atoms with E-state index in [1.54, 1.807) is 14.2 Å². The summed E-state index contributed by atoms with van der Waals surface area (Å²) in [6, 6.07) is 11.7. The van der Waals surface area contributed by atoms with Gasteiger partial charge in [-0.15, -0.1) is 0 Å². The Balaban J connectivity index is 2.37. The number of nitrogen functional groups attached to an aromatic ring is 1. The molecular weight excluding hydrogens is 278 g/mol. The van der Waals surface area contributed by atoms with Crippen LogP contribution in [0.5, 0.6) is 11.5 Å². The van der Waals surface area contributed by atoms with Crippen molar-refractivity contribution in [1.82, 2.24) is 9.97 Å². The van der Waals surface area contributed by atoms with Gasteiger partial charge in [0.15, 0.2) is 11.5 Å². The van der Waals surface area contributed by atoms with Crippen LogP contribution in [0.2, 0.25) is 0 Å². The molecule has 0 atom stereocenters. The van der Waals surface area contributed by atoms with Gasteiger partial charge in [0.1, 0.15) is 0 Å². The summed E-state index contributed by atoms with van der Waals surface area (Å²) < 4.78 is 10.7. The average Bonchev–Trinajstić information content (AvgIpc) is 2.53. The van der Waals surface area contributed by atoms with Crippen LogP contribution in [-0.4, -0.2) is 24.2 Å². The second-order valence-corrected chi connectivity index (χ2v) is 4.97. The Bertz CT molecular complexity index is 847. The average molecular weight is 295 g/mol. The van der Waals surface area contributed by atoms with E-state index in [4.69, 9.17) is 15.2 Å². The summed E-state index contributed by atoms with van der Waals surface area (Å²) in [6.07, 6.45) is 0. The van der Waals surface area contributed by atoms with Crippen LogP contribution in [0.25, 0.3) is 22.2 Å². The molecule has 3 rings (SSSR count). The molecule has 0 aliphatic rings. The second kappa shape index (κ2) is 5.52. The van der Waals surface area contributed by atoms with Crippen molar-refractivity contribution in [2.75, 3.05) is 20.0 Å². The number of aryl methyl sites for hydroxylation is 1. The van der Waals surface area contributed by atoms with E-state index in [1.165, 1.54) is 0 Å². The minimum Gasteiger partial charge on any atom is -0.493 e. The SMILES string of the molecule is COc1cc2nc(N)nc(-c3ccccc3C)c2cc1OC. The van der Waals surface area contributed by atoms with Crippen LogP contribution >= 0.6 is 0 Å². The maximum Gasteiger partial charge on any atom is 0.221 e. The first-order valence-corrected chi connectivity index (χ1v) is 6.89. The van der Waals surface area contributed by atoms with E-state index in [1.807, 2.05) is 43.3 Å². The van der Waals surface area contributed by atoms with Crippen LogP contribution in [0.4, 0.5) is 5.95 Å². The molecule has 0 spiro atoms. The molecule has 1 heterocycles. The predicted molar refractivity (Wildman–Crippen MR) is 87.2 cm³/mol. The highest BCUT2D eigenvalue weighted by Crippen LogP contribution is 2.36. The first kappa shape index (κ1) is 14.1. The first-order chi connectivity index (χ1) is 10.6. The summed E-state index contributed by atoms with van der Waals surface area (Å²) in [5, 5.41) is 0.876. The number of methoxy groups -OCH3 is 2. The lowest BCUT2D eigenvalue weighted by Gasteiger charge is -2.13. The highest BCUT2D eigenvalue weighted by molar-refractivity contribution is 5.95. The number of nitrogens with two attached hydrogens (primary N) is 1. The van der Waals surface area contributed by atoms with E-state index >= 15 is 0 Å². The summed E-state index contributed by atoms with van der Waals surface area (Å²) in [4.78, 5) is 8.74. The fourth-order valence-corrected chi connectivity index (χ4v) is 2.52. The van der Waals surface area contributed by atoms with Crippen LogP contribution < -0.4 is 15.2 Å². The van der Waals surface area contributed by atoms with Crippen molar-refractivity contribution in [1.29, 1.82) is 0 Å². The quantitative estimate of drug-likeness (QED) is 0.803. The highest BCUT2D eigenvalue weighted by atomic mass is 16.5. The smallest absolute Gasteiger partial charge is 0.221 e. The van der Waals surface area contributed by atoms with Crippen molar-refractivity contribution >= 4 is 16.9 Å². The zero-order valence-corrected chi connectivity index (χ0v) is 12.8. The third kappa shape index (κ3) is 2.30. The number of anilines is 1. The molecule has 0 fully saturated rings. The zero-order chi connectivity index (χ0) is 15.7. The van der Waals surface area contributed by atoms with Crippen molar-refractivity contribution in [3.05, 3.63) is 42.0 Å². The summed E-state index contributed by atoms with van der Waals surface area (Å²) >= 11 is 0. The number of hydrogen-bond acceptors (Lipinski definition) is 5. The van der Waals surface area contributed by atoms with E-state index in [0.29, 0.717) is 11.5 Å². The zero-order valence-electron chi connectivity index (χ0n) is 12.8. The summed E-state index contributed by atoms with van der Waals surface area (Å²) in [5.41, 5.74) is 9.54. The lowest BCUT2D eigenvalue weighted by Crippen LogP contribution is -2.00. The van der Waals surface area contributed by atoms with Gasteiger partial charge in [-0.1, -0.05) is 24.3 Å². The molecule has 5 nitrogen and oxygen atoms in total. The maximum atomic E-state index is 5.88. The van der Waals surface area contributed by atoms with Crippen LogP contribution in [0.1, 0.15) is 5.56 Å². The van der Waals surface area contributed by atoms with E-state index in [0.717, 1.165) is 27.7 Å². The van der Waals surface area contributed by atoms with Gasteiger partial charge in [0.25, 0.3) is 0 Å². The minimum absolute atomic E-state index is 0.234. The fourth-order valence-electron chi connectivity index (χ4n) is 2.52. The molecule has 0 radical (unpaired) electrons. The van der Waals surface area contributed by atoms with Crippen LogP contribution in [0, 0.1) is 6.92 Å². The number of ether oxygens (including phenoxy) is 2. The Morgan fingerprint density at radius 3 is 2.32 bits per heavy atom. The van der Waals surface area contributed by atoms with Crippen molar-refractivity contribution in [3.63, 3.8) is 0 Å². The van der Waals surface area contributed by atoms with Crippen LogP contribution in [-0.2, 0) is 0 Å². The van der Waals surface area contributed by atoms with Gasteiger partial charge in [0, 0.05) is 17.0 Å². The lowest BCUT2D eigenvalue weighted by molar-refractivity contribution is 0.356. The first-order valence-electron chi connectivity index (χ1n) is 6.89. The van der Waals surface area contributed by atoms with Crippen molar-refractivity contribution in [2.24, 2.45) is 0 Å². The molecule has 0 aliphatic heterocycles. The Labute approximate surface area is 128 Å². The standard InChI is InChI=1S/C17H17N3O2/c1-10-6-4-5-7-11(10)16-12-8-14(21-2)15(22-3)9-13(12)19-17(18)20-16/h4-9H,1-3H3,(H2,18,19,20). The number of fused-ring (bicyclic) bond motifs is 1. The molecule has 2 N–H and O–H groups in total. The monoisotopic (exact) mass is 295 g/mol. The number of hydrogen-bond donors (Lipinski definition) is 1. The Morgan fingerprint density at radius 1 is 0.955 bits per heavy atom. The molecule has 0 bridgehead atoms. The van der Waals surface area contributed by atoms with Crippen LogP contribution in [0.15, 0.2) is 36.4 Å². The third-order valence-corrected chi connectivity index (χ3v) is 3.62. The van der Waals surface area contributed by atoms with Gasteiger partial charge in [-0.25, -0.2) is 9.97 Å². The van der Waals surface area contributed by atoms with E-state index in [9.17, 15) is 0 Å². The van der Waals surface area contributed by atoms with Gasteiger partial charge in [-0.2, -0.15) is 0 Å². The number of rotatable bonds is 3. The molecule has 0 saturated heterocycles. The van der Waals surface area contributed by atoms with Gasteiger partial charge in [-0.3, -0.25) is 0 Å². The van der Waals surface area contributed by atoms with Gasteiger partial charge in [0.05, 0.1) is 25.4 Å². The van der Waals surface area contributed by atoms with Gasteiger partial charge in [0.2, 0.25) is 5.95 Å².